The van der Waals surface area contributed by atoms with Crippen molar-refractivity contribution in [3.05, 3.63) is 59.4 Å². The first-order valence-electron chi connectivity index (χ1n) is 9.22. The Morgan fingerprint density at radius 2 is 1.71 bits per heavy atom. The van der Waals surface area contributed by atoms with Crippen LogP contribution in [0.25, 0.3) is 0 Å². The van der Waals surface area contributed by atoms with E-state index in [2.05, 4.69) is 5.32 Å². The molecule has 0 aliphatic rings. The zero-order valence-electron chi connectivity index (χ0n) is 16.7. The Hall–Kier alpha value is -2.25. The molecule has 28 heavy (non-hydrogen) atoms. The zero-order chi connectivity index (χ0) is 20.9. The molecule has 0 unspecified atom stereocenters. The number of aryl methyl sites for hydroxylation is 2. The van der Waals surface area contributed by atoms with Crippen LogP contribution < -0.4 is 5.32 Å². The number of benzene rings is 2. The van der Waals surface area contributed by atoms with E-state index in [1.165, 1.54) is 18.2 Å². The standard InChI is InChI=1S/C21H27FN2O3S/c1-15(2)9-10-24(28(26,27)20-8-6-5-7-19(20)22)14-21(25)23-18-12-16(3)11-17(4)13-18/h5-8,11-13,15H,9-10,14H2,1-4H3,(H,23,25). The molecular weight excluding hydrogens is 379 g/mol. The Labute approximate surface area is 166 Å². The van der Waals surface area contributed by atoms with Crippen molar-refractivity contribution < 1.29 is 17.6 Å². The van der Waals surface area contributed by atoms with Crippen LogP contribution in [0.4, 0.5) is 10.1 Å². The zero-order valence-corrected chi connectivity index (χ0v) is 17.5. The minimum Gasteiger partial charge on any atom is -0.325 e. The van der Waals surface area contributed by atoms with Crippen LogP contribution in [0.5, 0.6) is 0 Å². The molecule has 0 saturated heterocycles. The Balaban J connectivity index is 2.25. The summed E-state index contributed by atoms with van der Waals surface area (Å²) in [5.74, 6) is -1.05. The van der Waals surface area contributed by atoms with E-state index in [0.717, 1.165) is 21.5 Å². The maximum absolute atomic E-state index is 14.1. The summed E-state index contributed by atoms with van der Waals surface area (Å²) in [7, 11) is -4.13. The van der Waals surface area contributed by atoms with Gasteiger partial charge in [-0.1, -0.05) is 32.0 Å². The number of anilines is 1. The highest BCUT2D eigenvalue weighted by atomic mass is 32.2. The molecule has 0 aliphatic heterocycles. The molecule has 7 heteroatoms. The Morgan fingerprint density at radius 1 is 1.11 bits per heavy atom. The molecule has 0 aromatic heterocycles. The highest BCUT2D eigenvalue weighted by Crippen LogP contribution is 2.20. The first-order chi connectivity index (χ1) is 13.1. The average molecular weight is 407 g/mol. The fourth-order valence-corrected chi connectivity index (χ4v) is 4.36. The smallest absolute Gasteiger partial charge is 0.246 e. The molecule has 0 atom stereocenters. The lowest BCUT2D eigenvalue weighted by Gasteiger charge is -2.23. The van der Waals surface area contributed by atoms with Crippen LogP contribution in [-0.2, 0) is 14.8 Å². The fourth-order valence-electron chi connectivity index (χ4n) is 2.89. The quantitative estimate of drug-likeness (QED) is 0.717. The lowest BCUT2D eigenvalue weighted by molar-refractivity contribution is -0.116. The van der Waals surface area contributed by atoms with E-state index in [0.29, 0.717) is 12.1 Å². The molecule has 0 aliphatic carbocycles. The second kappa shape index (κ2) is 9.30. The maximum Gasteiger partial charge on any atom is 0.246 e. The van der Waals surface area contributed by atoms with Crippen molar-refractivity contribution in [1.29, 1.82) is 0 Å². The minimum absolute atomic E-state index is 0.134. The number of nitrogens with one attached hydrogen (secondary N) is 1. The number of carbonyl (C=O) groups excluding carboxylic acids is 1. The molecule has 0 saturated carbocycles. The molecule has 2 aromatic rings. The van der Waals surface area contributed by atoms with E-state index in [9.17, 15) is 17.6 Å². The van der Waals surface area contributed by atoms with Gasteiger partial charge in [-0.05, 0) is 61.6 Å². The van der Waals surface area contributed by atoms with Gasteiger partial charge in [0.2, 0.25) is 15.9 Å². The second-order valence-electron chi connectivity index (χ2n) is 7.38. The Kier molecular flexibility index (Phi) is 7.32. The summed E-state index contributed by atoms with van der Waals surface area (Å²) < 4.78 is 41.1. The summed E-state index contributed by atoms with van der Waals surface area (Å²) in [6, 6.07) is 10.8. The normalized spacial score (nSPS) is 11.8. The topological polar surface area (TPSA) is 66.5 Å². The van der Waals surface area contributed by atoms with Gasteiger partial charge in [-0.25, -0.2) is 12.8 Å². The lowest BCUT2D eigenvalue weighted by Crippen LogP contribution is -2.39. The van der Waals surface area contributed by atoms with E-state index < -0.39 is 26.6 Å². The molecule has 0 radical (unpaired) electrons. The van der Waals surface area contributed by atoms with Crippen LogP contribution in [0, 0.1) is 25.6 Å². The van der Waals surface area contributed by atoms with Crippen LogP contribution >= 0.6 is 0 Å². The largest absolute Gasteiger partial charge is 0.325 e. The van der Waals surface area contributed by atoms with Crippen LogP contribution in [0.15, 0.2) is 47.4 Å². The molecule has 5 nitrogen and oxygen atoms in total. The third-order valence-corrected chi connectivity index (χ3v) is 6.11. The van der Waals surface area contributed by atoms with Gasteiger partial charge in [0.15, 0.2) is 0 Å². The first kappa shape index (κ1) is 22.0. The fraction of sp³-hybridized carbons (Fsp3) is 0.381. The molecule has 0 fully saturated rings. The van der Waals surface area contributed by atoms with Crippen molar-refractivity contribution >= 4 is 21.6 Å². The SMILES string of the molecule is Cc1cc(C)cc(NC(=O)CN(CCC(C)C)S(=O)(=O)c2ccccc2F)c1. The van der Waals surface area contributed by atoms with E-state index >= 15 is 0 Å². The van der Waals surface area contributed by atoms with Crippen LogP contribution in [0.1, 0.15) is 31.4 Å². The van der Waals surface area contributed by atoms with Gasteiger partial charge in [-0.3, -0.25) is 4.79 Å². The van der Waals surface area contributed by atoms with Gasteiger partial charge in [-0.2, -0.15) is 4.31 Å². The predicted molar refractivity (Wildman–Crippen MR) is 109 cm³/mol. The third-order valence-electron chi connectivity index (χ3n) is 4.24. The summed E-state index contributed by atoms with van der Waals surface area (Å²) in [4.78, 5) is 12.1. The number of sulfonamides is 1. The number of halogens is 1. The Morgan fingerprint density at radius 3 is 2.29 bits per heavy atom. The summed E-state index contributed by atoms with van der Waals surface area (Å²) in [5.41, 5.74) is 2.59. The van der Waals surface area contributed by atoms with Gasteiger partial charge < -0.3 is 5.32 Å². The van der Waals surface area contributed by atoms with Gasteiger partial charge in [0.1, 0.15) is 10.7 Å². The number of rotatable bonds is 8. The van der Waals surface area contributed by atoms with Crippen molar-refractivity contribution in [2.24, 2.45) is 5.92 Å². The number of hydrogen-bond donors (Lipinski definition) is 1. The highest BCUT2D eigenvalue weighted by Gasteiger charge is 2.29. The molecule has 2 aromatic carbocycles. The van der Waals surface area contributed by atoms with Crippen molar-refractivity contribution in [3.8, 4) is 0 Å². The molecule has 152 valence electrons. The molecule has 0 spiro atoms. The van der Waals surface area contributed by atoms with Crippen LogP contribution in [0.3, 0.4) is 0 Å². The number of carbonyl (C=O) groups is 1. The highest BCUT2D eigenvalue weighted by molar-refractivity contribution is 7.89. The third kappa shape index (κ3) is 5.87. The van der Waals surface area contributed by atoms with Gasteiger partial charge in [0.25, 0.3) is 0 Å². The van der Waals surface area contributed by atoms with E-state index in [1.807, 2.05) is 45.9 Å². The summed E-state index contributed by atoms with van der Waals surface area (Å²) in [6.45, 7) is 7.51. The van der Waals surface area contributed by atoms with Gasteiger partial charge in [-0.15, -0.1) is 0 Å². The van der Waals surface area contributed by atoms with Gasteiger partial charge in [0.05, 0.1) is 6.54 Å². The van der Waals surface area contributed by atoms with Crippen LogP contribution in [-0.4, -0.2) is 31.7 Å². The van der Waals surface area contributed by atoms with E-state index in [-0.39, 0.29) is 19.0 Å². The summed E-state index contributed by atoms with van der Waals surface area (Å²) >= 11 is 0. The maximum atomic E-state index is 14.1. The second-order valence-corrected chi connectivity index (χ2v) is 9.28. The summed E-state index contributed by atoms with van der Waals surface area (Å²) in [5, 5.41) is 2.74. The van der Waals surface area contributed by atoms with E-state index in [4.69, 9.17) is 0 Å². The molecular formula is C21H27FN2O3S. The lowest BCUT2D eigenvalue weighted by atomic mass is 10.1. The van der Waals surface area contributed by atoms with Crippen molar-refractivity contribution in [2.45, 2.75) is 39.0 Å². The van der Waals surface area contributed by atoms with Gasteiger partial charge >= 0.3 is 0 Å². The number of amides is 1. The van der Waals surface area contributed by atoms with E-state index in [1.54, 1.807) is 0 Å². The molecule has 0 bridgehead atoms. The first-order valence-corrected chi connectivity index (χ1v) is 10.7. The molecule has 0 heterocycles. The molecule has 2 rings (SSSR count). The minimum atomic E-state index is -4.13. The van der Waals surface area contributed by atoms with Crippen molar-refractivity contribution in [1.82, 2.24) is 4.31 Å². The monoisotopic (exact) mass is 406 g/mol. The van der Waals surface area contributed by atoms with Crippen molar-refractivity contribution in [2.75, 3.05) is 18.4 Å². The van der Waals surface area contributed by atoms with Gasteiger partial charge in [0, 0.05) is 12.2 Å². The number of nitrogens with zero attached hydrogens (tertiary/aromatic N) is 1. The Bertz CT molecular complexity index is 922. The van der Waals surface area contributed by atoms with Crippen LogP contribution in [0.2, 0.25) is 0 Å². The predicted octanol–water partition coefficient (Wildman–Crippen LogP) is 4.12. The summed E-state index contributed by atoms with van der Waals surface area (Å²) in [6.07, 6.45) is 0.560. The van der Waals surface area contributed by atoms with Crippen molar-refractivity contribution in [3.63, 3.8) is 0 Å². The number of hydrogen-bond acceptors (Lipinski definition) is 3. The molecule has 1 N–H and O–H groups in total. The molecule has 1 amide bonds. The average Bonchev–Trinajstić information content (AvgIpc) is 2.57.